The third-order valence-electron chi connectivity index (χ3n) is 4.02. The SMILES string of the molecule is CC(C(=O)O)c1ccc(CC2CCC[C@H]2O)cc1F. The first kappa shape index (κ1) is 14.0. The van der Waals surface area contributed by atoms with E-state index in [1.165, 1.54) is 13.0 Å². The molecule has 0 heterocycles. The van der Waals surface area contributed by atoms with E-state index in [9.17, 15) is 14.3 Å². The highest BCUT2D eigenvalue weighted by Gasteiger charge is 2.26. The van der Waals surface area contributed by atoms with Crippen molar-refractivity contribution in [2.24, 2.45) is 5.92 Å². The molecule has 19 heavy (non-hydrogen) atoms. The Balaban J connectivity index is 2.12. The Morgan fingerprint density at radius 3 is 2.74 bits per heavy atom. The van der Waals surface area contributed by atoms with E-state index in [1.54, 1.807) is 12.1 Å². The zero-order chi connectivity index (χ0) is 14.0. The molecule has 3 nitrogen and oxygen atoms in total. The zero-order valence-corrected chi connectivity index (χ0v) is 11.0. The molecule has 0 bridgehead atoms. The van der Waals surface area contributed by atoms with Crippen LogP contribution >= 0.6 is 0 Å². The second-order valence-electron chi connectivity index (χ2n) is 5.38. The van der Waals surface area contributed by atoms with Crippen LogP contribution in [0.25, 0.3) is 0 Å². The van der Waals surface area contributed by atoms with Gasteiger partial charge in [-0.05, 0) is 43.7 Å². The van der Waals surface area contributed by atoms with Crippen molar-refractivity contribution in [1.82, 2.24) is 0 Å². The normalized spacial score (nSPS) is 24.4. The first-order valence-corrected chi connectivity index (χ1v) is 6.68. The molecule has 2 unspecified atom stereocenters. The predicted molar refractivity (Wildman–Crippen MR) is 69.5 cm³/mol. The molecule has 0 amide bonds. The van der Waals surface area contributed by atoms with Crippen LogP contribution in [0, 0.1) is 11.7 Å². The summed E-state index contributed by atoms with van der Waals surface area (Å²) in [5, 5.41) is 18.7. The average Bonchev–Trinajstić information content (AvgIpc) is 2.74. The van der Waals surface area contributed by atoms with Crippen LogP contribution < -0.4 is 0 Å². The molecule has 4 heteroatoms. The van der Waals surface area contributed by atoms with E-state index >= 15 is 0 Å². The number of aliphatic carboxylic acids is 1. The van der Waals surface area contributed by atoms with Crippen molar-refractivity contribution < 1.29 is 19.4 Å². The van der Waals surface area contributed by atoms with Gasteiger partial charge in [-0.1, -0.05) is 18.6 Å². The van der Waals surface area contributed by atoms with Crippen LogP contribution in [0.1, 0.15) is 43.2 Å². The maximum atomic E-state index is 13.9. The van der Waals surface area contributed by atoms with E-state index in [0.717, 1.165) is 24.8 Å². The summed E-state index contributed by atoms with van der Waals surface area (Å²) in [4.78, 5) is 10.9. The molecular weight excluding hydrogens is 247 g/mol. The van der Waals surface area contributed by atoms with Gasteiger partial charge >= 0.3 is 5.97 Å². The van der Waals surface area contributed by atoms with Gasteiger partial charge in [-0.15, -0.1) is 0 Å². The van der Waals surface area contributed by atoms with E-state index in [1.807, 2.05) is 0 Å². The molecule has 2 rings (SSSR count). The number of aliphatic hydroxyl groups excluding tert-OH is 1. The quantitative estimate of drug-likeness (QED) is 0.881. The lowest BCUT2D eigenvalue weighted by Crippen LogP contribution is -2.16. The van der Waals surface area contributed by atoms with E-state index < -0.39 is 17.7 Å². The van der Waals surface area contributed by atoms with Crippen molar-refractivity contribution in [3.63, 3.8) is 0 Å². The summed E-state index contributed by atoms with van der Waals surface area (Å²) in [6.07, 6.45) is 3.17. The molecule has 0 radical (unpaired) electrons. The van der Waals surface area contributed by atoms with E-state index in [4.69, 9.17) is 5.11 Å². The summed E-state index contributed by atoms with van der Waals surface area (Å²) in [6.45, 7) is 1.47. The summed E-state index contributed by atoms with van der Waals surface area (Å²) in [6, 6.07) is 4.72. The lowest BCUT2D eigenvalue weighted by atomic mass is 9.93. The topological polar surface area (TPSA) is 57.5 Å². The molecule has 1 fully saturated rings. The van der Waals surface area contributed by atoms with Gasteiger partial charge in [-0.25, -0.2) is 4.39 Å². The fourth-order valence-corrected chi connectivity index (χ4v) is 2.74. The number of hydrogen-bond donors (Lipinski definition) is 2. The third-order valence-corrected chi connectivity index (χ3v) is 4.02. The molecule has 104 valence electrons. The summed E-state index contributed by atoms with van der Waals surface area (Å²) in [5.41, 5.74) is 1.04. The van der Waals surface area contributed by atoms with Gasteiger partial charge in [0.2, 0.25) is 0 Å². The highest BCUT2D eigenvalue weighted by atomic mass is 19.1. The molecule has 0 saturated heterocycles. The van der Waals surface area contributed by atoms with Crippen molar-refractivity contribution in [2.75, 3.05) is 0 Å². The number of rotatable bonds is 4. The van der Waals surface area contributed by atoms with Gasteiger partial charge in [0, 0.05) is 5.56 Å². The van der Waals surface area contributed by atoms with Crippen LogP contribution in [0.4, 0.5) is 4.39 Å². The minimum atomic E-state index is -1.03. The monoisotopic (exact) mass is 266 g/mol. The van der Waals surface area contributed by atoms with Gasteiger partial charge in [0.05, 0.1) is 12.0 Å². The molecular formula is C15H19FO3. The van der Waals surface area contributed by atoms with Gasteiger partial charge in [-0.2, -0.15) is 0 Å². The molecule has 0 aromatic heterocycles. The van der Waals surface area contributed by atoms with Crippen LogP contribution in [-0.4, -0.2) is 22.3 Å². The summed E-state index contributed by atoms with van der Waals surface area (Å²) >= 11 is 0. The van der Waals surface area contributed by atoms with Gasteiger partial charge in [0.15, 0.2) is 0 Å². The van der Waals surface area contributed by atoms with E-state index in [-0.39, 0.29) is 17.6 Å². The number of benzene rings is 1. The minimum absolute atomic E-state index is 0.196. The Labute approximate surface area is 112 Å². The molecule has 1 aliphatic carbocycles. The average molecular weight is 266 g/mol. The van der Waals surface area contributed by atoms with Crippen LogP contribution in [0.5, 0.6) is 0 Å². The molecule has 1 aromatic rings. The Kier molecular flexibility index (Phi) is 4.20. The van der Waals surface area contributed by atoms with Crippen molar-refractivity contribution >= 4 is 5.97 Å². The van der Waals surface area contributed by atoms with Gasteiger partial charge in [-0.3, -0.25) is 4.79 Å². The van der Waals surface area contributed by atoms with Gasteiger partial charge in [0.1, 0.15) is 5.82 Å². The standard InChI is InChI=1S/C15H19FO3/c1-9(15(18)19)12-6-5-10(8-13(12)16)7-11-3-2-4-14(11)17/h5-6,8-9,11,14,17H,2-4,7H2,1H3,(H,18,19)/t9?,11?,14-/m1/s1. The fourth-order valence-electron chi connectivity index (χ4n) is 2.74. The van der Waals surface area contributed by atoms with Crippen LogP contribution in [-0.2, 0) is 11.2 Å². The zero-order valence-electron chi connectivity index (χ0n) is 11.0. The molecule has 1 saturated carbocycles. The Hall–Kier alpha value is -1.42. The smallest absolute Gasteiger partial charge is 0.310 e. The number of carboxylic acids is 1. The van der Waals surface area contributed by atoms with Crippen LogP contribution in [0.3, 0.4) is 0 Å². The van der Waals surface area contributed by atoms with E-state index in [0.29, 0.717) is 6.42 Å². The maximum absolute atomic E-state index is 13.9. The molecule has 1 aromatic carbocycles. The second kappa shape index (κ2) is 5.70. The number of carbonyl (C=O) groups is 1. The highest BCUT2D eigenvalue weighted by molar-refractivity contribution is 5.75. The first-order chi connectivity index (χ1) is 8.99. The van der Waals surface area contributed by atoms with Crippen molar-refractivity contribution in [3.05, 3.63) is 35.1 Å². The number of hydrogen-bond acceptors (Lipinski definition) is 2. The van der Waals surface area contributed by atoms with Gasteiger partial charge < -0.3 is 10.2 Å². The Morgan fingerprint density at radius 2 is 2.21 bits per heavy atom. The number of carboxylic acid groups (broad SMARTS) is 1. The van der Waals surface area contributed by atoms with Crippen LogP contribution in [0.2, 0.25) is 0 Å². The molecule has 0 aliphatic heterocycles. The lowest BCUT2D eigenvalue weighted by molar-refractivity contribution is -0.138. The summed E-state index contributed by atoms with van der Waals surface area (Å²) in [5.74, 6) is -2.15. The summed E-state index contributed by atoms with van der Waals surface area (Å²) in [7, 11) is 0. The first-order valence-electron chi connectivity index (χ1n) is 6.68. The lowest BCUT2D eigenvalue weighted by Gasteiger charge is -2.15. The third kappa shape index (κ3) is 3.13. The van der Waals surface area contributed by atoms with E-state index in [2.05, 4.69) is 0 Å². The minimum Gasteiger partial charge on any atom is -0.481 e. The van der Waals surface area contributed by atoms with Gasteiger partial charge in [0.25, 0.3) is 0 Å². The highest BCUT2D eigenvalue weighted by Crippen LogP contribution is 2.29. The Morgan fingerprint density at radius 1 is 1.47 bits per heavy atom. The van der Waals surface area contributed by atoms with Crippen molar-refractivity contribution in [2.45, 2.75) is 44.6 Å². The Bertz CT molecular complexity index is 472. The molecule has 1 aliphatic rings. The molecule has 0 spiro atoms. The molecule has 3 atom stereocenters. The second-order valence-corrected chi connectivity index (χ2v) is 5.38. The predicted octanol–water partition coefficient (Wildman–Crippen LogP) is 2.72. The largest absolute Gasteiger partial charge is 0.481 e. The summed E-state index contributed by atoms with van der Waals surface area (Å²) < 4.78 is 13.9. The fraction of sp³-hybridized carbons (Fsp3) is 0.533. The number of aliphatic hydroxyl groups is 1. The van der Waals surface area contributed by atoms with Crippen molar-refractivity contribution in [1.29, 1.82) is 0 Å². The van der Waals surface area contributed by atoms with Crippen LogP contribution in [0.15, 0.2) is 18.2 Å². The number of halogens is 1. The van der Waals surface area contributed by atoms with Crippen molar-refractivity contribution in [3.8, 4) is 0 Å². The maximum Gasteiger partial charge on any atom is 0.310 e. The molecule has 2 N–H and O–H groups in total.